The number of esters is 1. The van der Waals surface area contributed by atoms with Gasteiger partial charge in [-0.3, -0.25) is 0 Å². The van der Waals surface area contributed by atoms with Crippen molar-refractivity contribution in [1.29, 1.82) is 0 Å². The number of aryl methyl sites for hydroxylation is 1. The van der Waals surface area contributed by atoms with E-state index in [-0.39, 0.29) is 5.97 Å². The van der Waals surface area contributed by atoms with E-state index in [0.717, 1.165) is 33.4 Å². The number of allylic oxidation sites excluding steroid dienone is 7. The lowest BCUT2D eigenvalue weighted by molar-refractivity contribution is -0.138. The summed E-state index contributed by atoms with van der Waals surface area (Å²) >= 11 is 0. The molecule has 4 heteroatoms. The van der Waals surface area contributed by atoms with Crippen molar-refractivity contribution in [2.75, 3.05) is 11.9 Å². The van der Waals surface area contributed by atoms with Crippen molar-refractivity contribution in [3.8, 4) is 0 Å². The molecule has 1 aliphatic carbocycles. The molecule has 1 aromatic carbocycles. The number of nitrogens with zero attached hydrogens (tertiary/aromatic N) is 1. The van der Waals surface area contributed by atoms with E-state index in [2.05, 4.69) is 41.2 Å². The molecule has 0 amide bonds. The first-order valence-corrected chi connectivity index (χ1v) is 8.03. The van der Waals surface area contributed by atoms with E-state index >= 15 is 0 Å². The molecule has 0 unspecified atom stereocenters. The zero-order valence-electron chi connectivity index (χ0n) is 13.7. The average Bonchev–Trinajstić information content (AvgIpc) is 3.23. The molecule has 0 radical (unpaired) electrons. The normalized spacial score (nSPS) is 15.5. The third-order valence-electron chi connectivity index (χ3n) is 4.38. The summed E-state index contributed by atoms with van der Waals surface area (Å²) in [5.74, 6) is -0.333. The van der Waals surface area contributed by atoms with Crippen molar-refractivity contribution in [1.82, 2.24) is 4.57 Å². The standard InChI is InChI=1S/C20H18N2O2/c1-3-24-20(23)16-12-15(13-8-4-5-9-13)19-18(21-16)14-10-6-7-11-17(14)22(19)2/h4-12,21H,3H2,1-2H3. The van der Waals surface area contributed by atoms with Crippen LogP contribution in [0, 0.1) is 0 Å². The maximum Gasteiger partial charge on any atom is 0.354 e. The van der Waals surface area contributed by atoms with Crippen molar-refractivity contribution in [3.63, 3.8) is 0 Å². The number of para-hydroxylation sites is 1. The Morgan fingerprint density at radius 3 is 2.71 bits per heavy atom. The van der Waals surface area contributed by atoms with Crippen LogP contribution in [0.1, 0.15) is 12.6 Å². The van der Waals surface area contributed by atoms with Crippen LogP contribution in [-0.4, -0.2) is 17.1 Å². The van der Waals surface area contributed by atoms with E-state index in [1.807, 2.05) is 37.3 Å². The Morgan fingerprint density at radius 1 is 1.21 bits per heavy atom. The number of fused-ring (bicyclic) bond motifs is 3. The SMILES string of the molecule is CCOC(=O)C1=CC(=C2C=CC=C2)c2c(c3ccccc3n2C)N1. The first-order chi connectivity index (χ1) is 11.7. The minimum absolute atomic E-state index is 0.333. The monoisotopic (exact) mass is 318 g/mol. The lowest BCUT2D eigenvalue weighted by atomic mass is 9.99. The quantitative estimate of drug-likeness (QED) is 0.853. The van der Waals surface area contributed by atoms with Gasteiger partial charge in [0.05, 0.1) is 23.5 Å². The van der Waals surface area contributed by atoms with Crippen molar-refractivity contribution in [2.45, 2.75) is 6.92 Å². The Hall–Kier alpha value is -3.01. The average molecular weight is 318 g/mol. The summed E-state index contributed by atoms with van der Waals surface area (Å²) in [7, 11) is 2.05. The van der Waals surface area contributed by atoms with Gasteiger partial charge in [-0.15, -0.1) is 0 Å². The third-order valence-corrected chi connectivity index (χ3v) is 4.38. The number of carbonyl (C=O) groups excluding carboxylic acids is 1. The fourth-order valence-electron chi connectivity index (χ4n) is 3.31. The maximum atomic E-state index is 12.3. The molecule has 0 atom stereocenters. The van der Waals surface area contributed by atoms with Crippen molar-refractivity contribution < 1.29 is 9.53 Å². The molecule has 0 bridgehead atoms. The van der Waals surface area contributed by atoms with Gasteiger partial charge in [0.1, 0.15) is 5.70 Å². The second-order valence-electron chi connectivity index (χ2n) is 5.79. The number of anilines is 1. The highest BCUT2D eigenvalue weighted by molar-refractivity contribution is 6.09. The minimum atomic E-state index is -0.333. The van der Waals surface area contributed by atoms with E-state index in [4.69, 9.17) is 4.74 Å². The van der Waals surface area contributed by atoms with Crippen LogP contribution < -0.4 is 5.32 Å². The van der Waals surface area contributed by atoms with Crippen LogP contribution in [0.2, 0.25) is 0 Å². The van der Waals surface area contributed by atoms with E-state index in [1.54, 1.807) is 0 Å². The lowest BCUT2D eigenvalue weighted by Crippen LogP contribution is -2.19. The number of benzene rings is 1. The molecule has 0 saturated carbocycles. The van der Waals surface area contributed by atoms with E-state index in [9.17, 15) is 4.79 Å². The van der Waals surface area contributed by atoms with Crippen LogP contribution in [-0.2, 0) is 16.6 Å². The molecule has 1 aromatic heterocycles. The molecule has 0 fully saturated rings. The van der Waals surface area contributed by atoms with Crippen LogP contribution in [0.5, 0.6) is 0 Å². The van der Waals surface area contributed by atoms with Gasteiger partial charge in [-0.05, 0) is 24.6 Å². The first-order valence-electron chi connectivity index (χ1n) is 8.03. The summed E-state index contributed by atoms with van der Waals surface area (Å²) in [5, 5.41) is 4.37. The molecule has 2 aliphatic rings. The molecule has 0 saturated heterocycles. The number of nitrogens with one attached hydrogen (secondary N) is 1. The summed E-state index contributed by atoms with van der Waals surface area (Å²) in [4.78, 5) is 12.3. The Kier molecular flexibility index (Phi) is 3.38. The van der Waals surface area contributed by atoms with Gasteiger partial charge in [0, 0.05) is 18.0 Å². The van der Waals surface area contributed by atoms with Crippen molar-refractivity contribution in [3.05, 3.63) is 71.6 Å². The molecular weight excluding hydrogens is 300 g/mol. The predicted molar refractivity (Wildman–Crippen MR) is 96.5 cm³/mol. The van der Waals surface area contributed by atoms with Crippen molar-refractivity contribution >= 4 is 28.1 Å². The minimum Gasteiger partial charge on any atom is -0.461 e. The van der Waals surface area contributed by atoms with Gasteiger partial charge < -0.3 is 14.6 Å². The van der Waals surface area contributed by atoms with Gasteiger partial charge in [-0.1, -0.05) is 42.5 Å². The molecule has 0 spiro atoms. The van der Waals surface area contributed by atoms with Gasteiger partial charge in [-0.25, -0.2) is 4.79 Å². The van der Waals surface area contributed by atoms with Crippen LogP contribution in [0.25, 0.3) is 16.5 Å². The number of ether oxygens (including phenoxy) is 1. The summed E-state index contributed by atoms with van der Waals surface area (Å²) in [6.45, 7) is 2.17. The fraction of sp³-hybridized carbons (Fsp3) is 0.150. The number of hydrogen-bond donors (Lipinski definition) is 1. The number of aromatic nitrogens is 1. The lowest BCUT2D eigenvalue weighted by Gasteiger charge is -2.20. The van der Waals surface area contributed by atoms with Gasteiger partial charge in [0.25, 0.3) is 0 Å². The molecule has 1 aliphatic heterocycles. The Labute approximate surface area is 140 Å². The molecule has 4 rings (SSSR count). The molecule has 24 heavy (non-hydrogen) atoms. The van der Waals surface area contributed by atoms with Crippen LogP contribution in [0.3, 0.4) is 0 Å². The summed E-state index contributed by atoms with van der Waals surface area (Å²) in [6, 6.07) is 8.18. The Bertz CT molecular complexity index is 957. The van der Waals surface area contributed by atoms with Crippen molar-refractivity contribution in [2.24, 2.45) is 7.05 Å². The number of rotatable bonds is 2. The highest BCUT2D eigenvalue weighted by atomic mass is 16.5. The summed E-state index contributed by atoms with van der Waals surface area (Å²) in [6.07, 6.45) is 10.0. The summed E-state index contributed by atoms with van der Waals surface area (Å²) in [5.41, 5.74) is 5.74. The highest BCUT2D eigenvalue weighted by Gasteiger charge is 2.27. The zero-order valence-corrected chi connectivity index (χ0v) is 13.7. The summed E-state index contributed by atoms with van der Waals surface area (Å²) < 4.78 is 7.36. The van der Waals surface area contributed by atoms with Gasteiger partial charge in [0.2, 0.25) is 0 Å². The molecule has 120 valence electrons. The van der Waals surface area contributed by atoms with Crippen LogP contribution in [0.4, 0.5) is 5.69 Å². The Morgan fingerprint density at radius 2 is 1.96 bits per heavy atom. The topological polar surface area (TPSA) is 43.3 Å². The largest absolute Gasteiger partial charge is 0.461 e. The van der Waals surface area contributed by atoms with Crippen LogP contribution in [0.15, 0.2) is 65.9 Å². The predicted octanol–water partition coefficient (Wildman–Crippen LogP) is 3.93. The smallest absolute Gasteiger partial charge is 0.354 e. The van der Waals surface area contributed by atoms with Gasteiger partial charge >= 0.3 is 5.97 Å². The molecule has 2 heterocycles. The molecule has 1 N–H and O–H groups in total. The van der Waals surface area contributed by atoms with E-state index < -0.39 is 0 Å². The zero-order chi connectivity index (χ0) is 16.7. The maximum absolute atomic E-state index is 12.3. The van der Waals surface area contributed by atoms with Gasteiger partial charge in [-0.2, -0.15) is 0 Å². The second-order valence-corrected chi connectivity index (χ2v) is 5.79. The first kappa shape index (κ1) is 14.6. The number of carbonyl (C=O) groups is 1. The van der Waals surface area contributed by atoms with Gasteiger partial charge in [0.15, 0.2) is 0 Å². The Balaban J connectivity index is 1.99. The van der Waals surface area contributed by atoms with Crippen LogP contribution >= 0.6 is 0 Å². The fourth-order valence-corrected chi connectivity index (χ4v) is 3.31. The molecular formula is C20H18N2O2. The van der Waals surface area contributed by atoms with E-state index in [1.165, 1.54) is 0 Å². The third kappa shape index (κ3) is 2.11. The molecule has 4 nitrogen and oxygen atoms in total. The van der Waals surface area contributed by atoms with E-state index in [0.29, 0.717) is 12.3 Å². The number of hydrogen-bond acceptors (Lipinski definition) is 3. The molecule has 2 aromatic rings. The highest BCUT2D eigenvalue weighted by Crippen LogP contribution is 2.41. The second kappa shape index (κ2) is 5.57.